The second kappa shape index (κ2) is 6.87. The number of carboxylic acids is 1. The maximum absolute atomic E-state index is 10.4. The van der Waals surface area contributed by atoms with Gasteiger partial charge in [-0.25, -0.2) is 4.98 Å². The van der Waals surface area contributed by atoms with Crippen molar-refractivity contribution >= 4 is 11.8 Å². The van der Waals surface area contributed by atoms with E-state index in [9.17, 15) is 4.79 Å². The minimum Gasteiger partial charge on any atom is -0.481 e. The van der Waals surface area contributed by atoms with E-state index in [-0.39, 0.29) is 19.1 Å². The van der Waals surface area contributed by atoms with Crippen molar-refractivity contribution in [1.29, 1.82) is 5.26 Å². The van der Waals surface area contributed by atoms with Gasteiger partial charge in [0.05, 0.1) is 19.1 Å². The summed E-state index contributed by atoms with van der Waals surface area (Å²) < 4.78 is 5.54. The fourth-order valence-electron chi connectivity index (χ4n) is 2.23. The van der Waals surface area contributed by atoms with Gasteiger partial charge in [-0.3, -0.25) is 4.79 Å². The van der Waals surface area contributed by atoms with Crippen LogP contribution < -0.4 is 4.90 Å². The molecule has 0 radical (unpaired) electrons. The molecule has 0 saturated carbocycles. The van der Waals surface area contributed by atoms with Crippen LogP contribution in [0.5, 0.6) is 0 Å². The van der Waals surface area contributed by atoms with Crippen molar-refractivity contribution in [2.45, 2.75) is 25.4 Å². The molecule has 106 valence electrons. The van der Waals surface area contributed by atoms with Gasteiger partial charge in [-0.1, -0.05) is 6.07 Å². The van der Waals surface area contributed by atoms with E-state index in [1.807, 2.05) is 18.2 Å². The number of carboxylic acid groups (broad SMARTS) is 1. The third-order valence-electron chi connectivity index (χ3n) is 3.28. The lowest BCUT2D eigenvalue weighted by atomic mass is 10.1. The summed E-state index contributed by atoms with van der Waals surface area (Å²) in [4.78, 5) is 16.8. The summed E-state index contributed by atoms with van der Waals surface area (Å²) in [6.07, 6.45) is 1.85. The minimum absolute atomic E-state index is 0.0476. The number of rotatable bonds is 5. The van der Waals surface area contributed by atoms with E-state index >= 15 is 0 Å². The fourth-order valence-corrected chi connectivity index (χ4v) is 2.23. The lowest BCUT2D eigenvalue weighted by Gasteiger charge is -2.32. The van der Waals surface area contributed by atoms with Crippen LogP contribution in [-0.4, -0.2) is 41.9 Å². The number of carbonyl (C=O) groups is 1. The van der Waals surface area contributed by atoms with Gasteiger partial charge in [0, 0.05) is 13.1 Å². The molecular formula is C14H17N3O3. The van der Waals surface area contributed by atoms with Crippen molar-refractivity contribution < 1.29 is 14.6 Å². The summed E-state index contributed by atoms with van der Waals surface area (Å²) >= 11 is 0. The molecule has 2 rings (SSSR count). The molecule has 2 heterocycles. The summed E-state index contributed by atoms with van der Waals surface area (Å²) in [5.74, 6) is -0.0204. The molecule has 6 heteroatoms. The molecular weight excluding hydrogens is 258 g/mol. The fraction of sp³-hybridized carbons (Fsp3) is 0.500. The number of nitriles is 1. The Hall–Kier alpha value is -2.13. The largest absolute Gasteiger partial charge is 0.481 e. The van der Waals surface area contributed by atoms with Crippen LogP contribution >= 0.6 is 0 Å². The lowest BCUT2D eigenvalue weighted by Crippen LogP contribution is -2.37. The summed E-state index contributed by atoms with van der Waals surface area (Å²) in [6, 6.07) is 7.45. The summed E-state index contributed by atoms with van der Waals surface area (Å²) in [6.45, 7) is 1.88. The Kier molecular flexibility index (Phi) is 4.91. The van der Waals surface area contributed by atoms with Crippen molar-refractivity contribution in [3.8, 4) is 6.07 Å². The molecule has 6 nitrogen and oxygen atoms in total. The maximum Gasteiger partial charge on any atom is 0.305 e. The molecule has 1 aromatic rings. The van der Waals surface area contributed by atoms with Crippen LogP contribution in [0.3, 0.4) is 0 Å². The first-order valence-electron chi connectivity index (χ1n) is 6.64. The molecule has 0 aromatic carbocycles. The summed E-state index contributed by atoms with van der Waals surface area (Å²) in [5.41, 5.74) is 0.419. The van der Waals surface area contributed by atoms with E-state index in [0.29, 0.717) is 5.69 Å². The van der Waals surface area contributed by atoms with Crippen LogP contribution in [0.25, 0.3) is 0 Å². The maximum atomic E-state index is 10.4. The van der Waals surface area contributed by atoms with E-state index in [4.69, 9.17) is 15.1 Å². The predicted octanol–water partition coefficient (Wildman–Crippen LogP) is 1.41. The average Bonchev–Trinajstić information content (AvgIpc) is 2.48. The zero-order chi connectivity index (χ0) is 14.4. The number of ether oxygens (including phenoxy) is 1. The van der Waals surface area contributed by atoms with Gasteiger partial charge >= 0.3 is 5.97 Å². The predicted molar refractivity (Wildman–Crippen MR) is 72.4 cm³/mol. The number of anilines is 1. The van der Waals surface area contributed by atoms with Crippen LogP contribution in [0, 0.1) is 11.3 Å². The van der Waals surface area contributed by atoms with Gasteiger partial charge in [-0.15, -0.1) is 0 Å². The zero-order valence-electron chi connectivity index (χ0n) is 11.2. The van der Waals surface area contributed by atoms with Gasteiger partial charge in [-0.2, -0.15) is 5.26 Å². The number of hydrogen-bond acceptors (Lipinski definition) is 5. The molecule has 1 aliphatic heterocycles. The molecule has 1 saturated heterocycles. The average molecular weight is 275 g/mol. The third kappa shape index (κ3) is 3.93. The molecule has 1 aromatic heterocycles. The van der Waals surface area contributed by atoms with E-state index in [1.165, 1.54) is 0 Å². The second-order valence-corrected chi connectivity index (χ2v) is 4.69. The van der Waals surface area contributed by atoms with E-state index in [2.05, 4.69) is 9.88 Å². The van der Waals surface area contributed by atoms with Crippen LogP contribution in [0.1, 0.15) is 25.0 Å². The topological polar surface area (TPSA) is 86.5 Å². The number of aliphatic carboxylic acids is 1. The lowest BCUT2D eigenvalue weighted by molar-refractivity contribution is -0.138. The quantitative estimate of drug-likeness (QED) is 0.874. The molecule has 1 fully saturated rings. The molecule has 0 bridgehead atoms. The first-order valence-corrected chi connectivity index (χ1v) is 6.64. The van der Waals surface area contributed by atoms with Crippen LogP contribution in [0.2, 0.25) is 0 Å². The van der Waals surface area contributed by atoms with Crippen LogP contribution in [0.4, 0.5) is 5.82 Å². The molecule has 0 spiro atoms. The molecule has 0 amide bonds. The number of hydrogen-bond donors (Lipinski definition) is 1. The SMILES string of the molecule is N#Cc1cccc(N2CCC(OCCC(=O)O)CC2)n1. The number of pyridine rings is 1. The molecule has 1 N–H and O–H groups in total. The number of aromatic nitrogens is 1. The highest BCUT2D eigenvalue weighted by Gasteiger charge is 2.20. The van der Waals surface area contributed by atoms with Gasteiger partial charge in [-0.05, 0) is 25.0 Å². The Labute approximate surface area is 117 Å². The minimum atomic E-state index is -0.833. The molecule has 0 atom stereocenters. The first kappa shape index (κ1) is 14.3. The Morgan fingerprint density at radius 2 is 2.25 bits per heavy atom. The molecule has 1 aliphatic rings. The zero-order valence-corrected chi connectivity index (χ0v) is 11.2. The highest BCUT2D eigenvalue weighted by atomic mass is 16.5. The van der Waals surface area contributed by atoms with Gasteiger partial charge in [0.15, 0.2) is 0 Å². The summed E-state index contributed by atoms with van der Waals surface area (Å²) in [5, 5.41) is 17.4. The highest BCUT2D eigenvalue weighted by molar-refractivity contribution is 5.66. The van der Waals surface area contributed by atoms with E-state index < -0.39 is 5.97 Å². The highest BCUT2D eigenvalue weighted by Crippen LogP contribution is 2.19. The molecule has 20 heavy (non-hydrogen) atoms. The smallest absolute Gasteiger partial charge is 0.305 e. The van der Waals surface area contributed by atoms with Gasteiger partial charge in [0.1, 0.15) is 17.6 Å². The Morgan fingerprint density at radius 1 is 1.50 bits per heavy atom. The Bertz CT molecular complexity index is 505. The number of nitrogens with zero attached hydrogens (tertiary/aromatic N) is 3. The van der Waals surface area contributed by atoms with Crippen LogP contribution in [-0.2, 0) is 9.53 Å². The Morgan fingerprint density at radius 3 is 2.90 bits per heavy atom. The van der Waals surface area contributed by atoms with Gasteiger partial charge in [0.25, 0.3) is 0 Å². The van der Waals surface area contributed by atoms with E-state index in [0.717, 1.165) is 31.7 Å². The van der Waals surface area contributed by atoms with Crippen molar-refractivity contribution in [3.05, 3.63) is 23.9 Å². The van der Waals surface area contributed by atoms with Crippen molar-refractivity contribution in [1.82, 2.24) is 4.98 Å². The van der Waals surface area contributed by atoms with Gasteiger partial charge < -0.3 is 14.7 Å². The van der Waals surface area contributed by atoms with Gasteiger partial charge in [0.2, 0.25) is 0 Å². The standard InChI is InChI=1S/C14H17N3O3/c15-10-11-2-1-3-13(16-11)17-7-4-12(5-8-17)20-9-6-14(18)19/h1-3,12H,4-9H2,(H,18,19). The monoisotopic (exact) mass is 275 g/mol. The molecule has 0 unspecified atom stereocenters. The summed E-state index contributed by atoms with van der Waals surface area (Å²) in [7, 11) is 0. The van der Waals surface area contributed by atoms with Crippen molar-refractivity contribution in [2.75, 3.05) is 24.6 Å². The first-order chi connectivity index (χ1) is 9.69. The van der Waals surface area contributed by atoms with Crippen molar-refractivity contribution in [3.63, 3.8) is 0 Å². The third-order valence-corrected chi connectivity index (χ3v) is 3.28. The second-order valence-electron chi connectivity index (χ2n) is 4.69. The normalized spacial score (nSPS) is 15.8. The van der Waals surface area contributed by atoms with Crippen LogP contribution in [0.15, 0.2) is 18.2 Å². The van der Waals surface area contributed by atoms with Crippen molar-refractivity contribution in [2.24, 2.45) is 0 Å². The Balaban J connectivity index is 1.82. The molecule has 0 aliphatic carbocycles. The number of piperidine rings is 1. The van der Waals surface area contributed by atoms with E-state index in [1.54, 1.807) is 6.07 Å².